The van der Waals surface area contributed by atoms with Gasteiger partial charge >= 0.3 is 11.9 Å². The van der Waals surface area contributed by atoms with Crippen LogP contribution in [0, 0.1) is 5.92 Å². The molecule has 0 bridgehead atoms. The summed E-state index contributed by atoms with van der Waals surface area (Å²) < 4.78 is 5.01. The lowest BCUT2D eigenvalue weighted by Gasteiger charge is -2.11. The van der Waals surface area contributed by atoms with Crippen LogP contribution in [0.1, 0.15) is 38.2 Å². The second kappa shape index (κ2) is 9.13. The zero-order valence-corrected chi connectivity index (χ0v) is 11.9. The van der Waals surface area contributed by atoms with Crippen LogP contribution in [0.2, 0.25) is 0 Å². The molecule has 20 heavy (non-hydrogen) atoms. The van der Waals surface area contributed by atoms with Crippen LogP contribution in [0.4, 0.5) is 0 Å². The molecule has 1 atom stereocenters. The zero-order valence-electron chi connectivity index (χ0n) is 11.9. The lowest BCUT2D eigenvalue weighted by Crippen LogP contribution is -2.10. The number of aliphatic carboxylic acids is 1. The van der Waals surface area contributed by atoms with Gasteiger partial charge in [0.25, 0.3) is 0 Å². The van der Waals surface area contributed by atoms with Gasteiger partial charge in [0, 0.05) is 0 Å². The van der Waals surface area contributed by atoms with Crippen molar-refractivity contribution in [1.82, 2.24) is 0 Å². The first-order valence-electron chi connectivity index (χ1n) is 6.99. The van der Waals surface area contributed by atoms with Crippen LogP contribution in [0.5, 0.6) is 0 Å². The lowest BCUT2D eigenvalue weighted by molar-refractivity contribution is -0.148. The average molecular weight is 278 g/mol. The highest BCUT2D eigenvalue weighted by Crippen LogP contribution is 2.12. The predicted octanol–water partition coefficient (Wildman–Crippen LogP) is 3.05. The van der Waals surface area contributed by atoms with E-state index in [9.17, 15) is 9.59 Å². The molecular formula is C16H22O4. The maximum atomic E-state index is 11.2. The van der Waals surface area contributed by atoms with Gasteiger partial charge in [-0.25, -0.2) is 0 Å². The topological polar surface area (TPSA) is 63.6 Å². The van der Waals surface area contributed by atoms with Crippen LogP contribution >= 0.6 is 0 Å². The molecule has 110 valence electrons. The Kier molecular flexibility index (Phi) is 7.40. The van der Waals surface area contributed by atoms with Crippen LogP contribution < -0.4 is 0 Å². The highest BCUT2D eigenvalue weighted by Gasteiger charge is 2.08. The van der Waals surface area contributed by atoms with Crippen molar-refractivity contribution in [1.29, 1.82) is 0 Å². The minimum absolute atomic E-state index is 0.0479. The van der Waals surface area contributed by atoms with Gasteiger partial charge in [-0.2, -0.15) is 0 Å². The quantitative estimate of drug-likeness (QED) is 0.705. The molecule has 1 N–H and O–H groups in total. The van der Waals surface area contributed by atoms with E-state index in [1.54, 1.807) is 0 Å². The number of rotatable bonds is 9. The smallest absolute Gasteiger partial charge is 0.306 e. The van der Waals surface area contributed by atoms with Crippen molar-refractivity contribution in [3.8, 4) is 0 Å². The van der Waals surface area contributed by atoms with E-state index < -0.39 is 11.9 Å². The molecule has 4 nitrogen and oxygen atoms in total. The van der Waals surface area contributed by atoms with Crippen LogP contribution in [-0.4, -0.2) is 23.7 Å². The van der Waals surface area contributed by atoms with Crippen LogP contribution in [-0.2, 0) is 20.7 Å². The number of aryl methyl sites for hydroxylation is 1. The third kappa shape index (κ3) is 7.56. The van der Waals surface area contributed by atoms with Gasteiger partial charge in [-0.05, 0) is 30.7 Å². The number of ether oxygens (including phenoxy) is 1. The fourth-order valence-electron chi connectivity index (χ4n) is 1.86. The number of hydrogen-bond donors (Lipinski definition) is 1. The molecule has 0 aliphatic rings. The van der Waals surface area contributed by atoms with Gasteiger partial charge in [-0.1, -0.05) is 37.3 Å². The van der Waals surface area contributed by atoms with E-state index in [1.807, 2.05) is 18.2 Å². The van der Waals surface area contributed by atoms with Gasteiger partial charge in [-0.15, -0.1) is 0 Å². The van der Waals surface area contributed by atoms with E-state index in [1.165, 1.54) is 5.56 Å². The Morgan fingerprint density at radius 3 is 2.50 bits per heavy atom. The van der Waals surface area contributed by atoms with Gasteiger partial charge in [0.15, 0.2) is 0 Å². The van der Waals surface area contributed by atoms with E-state index in [-0.39, 0.29) is 12.8 Å². The molecule has 0 aromatic heterocycles. The molecule has 1 aromatic rings. The Hall–Kier alpha value is -1.84. The summed E-state index contributed by atoms with van der Waals surface area (Å²) in [6.45, 7) is 2.50. The molecule has 0 heterocycles. The molecule has 0 aliphatic carbocycles. The number of esters is 1. The average Bonchev–Trinajstić information content (AvgIpc) is 2.44. The van der Waals surface area contributed by atoms with E-state index in [0.717, 1.165) is 19.3 Å². The first kappa shape index (κ1) is 16.2. The van der Waals surface area contributed by atoms with Crippen molar-refractivity contribution >= 4 is 11.9 Å². The molecule has 0 radical (unpaired) electrons. The van der Waals surface area contributed by atoms with Crippen molar-refractivity contribution in [3.05, 3.63) is 35.9 Å². The van der Waals surface area contributed by atoms with Crippen molar-refractivity contribution in [3.63, 3.8) is 0 Å². The van der Waals surface area contributed by atoms with Gasteiger partial charge in [0.05, 0.1) is 19.4 Å². The molecule has 0 saturated carbocycles. The molecular weight excluding hydrogens is 256 g/mol. The summed E-state index contributed by atoms with van der Waals surface area (Å²) in [6.07, 6.45) is 2.67. The molecule has 4 heteroatoms. The fourth-order valence-corrected chi connectivity index (χ4v) is 1.86. The standard InChI is InChI=1S/C16H22O4/c1-13(7-8-14-5-3-2-4-6-14)11-12-20-16(19)10-9-15(17)18/h2-6,13H,7-12H2,1H3,(H,17,18). The number of hydrogen-bond acceptors (Lipinski definition) is 3. The van der Waals surface area contributed by atoms with Crippen molar-refractivity contribution in [2.24, 2.45) is 5.92 Å². The van der Waals surface area contributed by atoms with Crippen LogP contribution in [0.25, 0.3) is 0 Å². The SMILES string of the molecule is CC(CCOC(=O)CCC(=O)O)CCc1ccccc1. The number of benzene rings is 1. The Morgan fingerprint density at radius 2 is 1.85 bits per heavy atom. The molecule has 1 unspecified atom stereocenters. The molecule has 0 fully saturated rings. The molecule has 0 spiro atoms. The van der Waals surface area contributed by atoms with E-state index in [2.05, 4.69) is 19.1 Å². The normalized spacial score (nSPS) is 11.8. The fraction of sp³-hybridized carbons (Fsp3) is 0.500. The van der Waals surface area contributed by atoms with E-state index in [0.29, 0.717) is 12.5 Å². The summed E-state index contributed by atoms with van der Waals surface area (Å²) in [6, 6.07) is 10.3. The Morgan fingerprint density at radius 1 is 1.15 bits per heavy atom. The van der Waals surface area contributed by atoms with Crippen molar-refractivity contribution in [2.75, 3.05) is 6.61 Å². The highest BCUT2D eigenvalue weighted by molar-refractivity contribution is 5.76. The van der Waals surface area contributed by atoms with Gasteiger partial charge in [-0.3, -0.25) is 9.59 Å². The minimum Gasteiger partial charge on any atom is -0.481 e. The summed E-state index contributed by atoms with van der Waals surface area (Å²) >= 11 is 0. The summed E-state index contributed by atoms with van der Waals surface area (Å²) in [5, 5.41) is 8.45. The van der Waals surface area contributed by atoms with Crippen LogP contribution in [0.3, 0.4) is 0 Å². The van der Waals surface area contributed by atoms with E-state index >= 15 is 0 Å². The summed E-state index contributed by atoms with van der Waals surface area (Å²) in [7, 11) is 0. The third-order valence-corrected chi connectivity index (χ3v) is 3.19. The maximum absolute atomic E-state index is 11.2. The lowest BCUT2D eigenvalue weighted by atomic mass is 9.99. The van der Waals surface area contributed by atoms with E-state index in [4.69, 9.17) is 9.84 Å². The summed E-state index contributed by atoms with van der Waals surface area (Å²) in [5.41, 5.74) is 1.32. The highest BCUT2D eigenvalue weighted by atomic mass is 16.5. The monoisotopic (exact) mass is 278 g/mol. The molecule has 0 amide bonds. The molecule has 0 aliphatic heterocycles. The number of carbonyl (C=O) groups excluding carboxylic acids is 1. The minimum atomic E-state index is -0.974. The third-order valence-electron chi connectivity index (χ3n) is 3.19. The first-order chi connectivity index (χ1) is 9.58. The first-order valence-corrected chi connectivity index (χ1v) is 6.99. The Balaban J connectivity index is 2.09. The Labute approximate surface area is 119 Å². The maximum Gasteiger partial charge on any atom is 0.306 e. The van der Waals surface area contributed by atoms with Gasteiger partial charge in [0.1, 0.15) is 0 Å². The predicted molar refractivity (Wildman–Crippen MR) is 76.4 cm³/mol. The van der Waals surface area contributed by atoms with Crippen LogP contribution in [0.15, 0.2) is 30.3 Å². The zero-order chi connectivity index (χ0) is 14.8. The number of carboxylic acid groups (broad SMARTS) is 1. The summed E-state index contributed by atoms with van der Waals surface area (Å²) in [4.78, 5) is 21.5. The van der Waals surface area contributed by atoms with Crippen molar-refractivity contribution < 1.29 is 19.4 Å². The largest absolute Gasteiger partial charge is 0.481 e. The Bertz CT molecular complexity index is 414. The molecule has 1 rings (SSSR count). The van der Waals surface area contributed by atoms with Crippen molar-refractivity contribution in [2.45, 2.75) is 39.0 Å². The summed E-state index contributed by atoms with van der Waals surface area (Å²) in [5.74, 6) is -0.927. The van der Waals surface area contributed by atoms with Gasteiger partial charge < -0.3 is 9.84 Å². The van der Waals surface area contributed by atoms with Gasteiger partial charge in [0.2, 0.25) is 0 Å². The molecule has 0 saturated heterocycles. The molecule has 1 aromatic carbocycles. The second-order valence-electron chi connectivity index (χ2n) is 5.03. The number of carboxylic acids is 1. The second-order valence-corrected chi connectivity index (χ2v) is 5.03. The number of carbonyl (C=O) groups is 2.